The van der Waals surface area contributed by atoms with Crippen LogP contribution < -0.4 is 0 Å². The molecule has 1 heterocycles. The third-order valence-electron chi connectivity index (χ3n) is 3.82. The monoisotopic (exact) mass is 328 g/mol. The lowest BCUT2D eigenvalue weighted by Crippen LogP contribution is -2.48. The van der Waals surface area contributed by atoms with Crippen LogP contribution in [0.4, 0.5) is 0 Å². The summed E-state index contributed by atoms with van der Waals surface area (Å²) in [4.78, 5) is 8.04. The Morgan fingerprint density at radius 1 is 1.10 bits per heavy atom. The predicted molar refractivity (Wildman–Crippen MR) is 89.1 cm³/mol. The van der Waals surface area contributed by atoms with Gasteiger partial charge in [0.05, 0.1) is 21.7 Å². The summed E-state index contributed by atoms with van der Waals surface area (Å²) < 4.78 is 0. The quantitative estimate of drug-likeness (QED) is 0.792. The maximum absolute atomic E-state index is 6.29. The van der Waals surface area contributed by atoms with Gasteiger partial charge in [0.2, 0.25) is 0 Å². The second kappa shape index (κ2) is 6.55. The van der Waals surface area contributed by atoms with Gasteiger partial charge in [-0.25, -0.2) is 0 Å². The van der Waals surface area contributed by atoms with Gasteiger partial charge in [-0.15, -0.1) is 0 Å². The first-order valence-electron chi connectivity index (χ1n) is 7.30. The smallest absolute Gasteiger partial charge is 0.189 e. The third-order valence-corrected chi connectivity index (χ3v) is 4.45. The molecule has 0 aliphatic carbocycles. The molecule has 2 rings (SSSR count). The number of halogens is 2. The lowest BCUT2D eigenvalue weighted by molar-refractivity contribution is -0.0856. The second-order valence-corrected chi connectivity index (χ2v) is 6.81. The Kier molecular flexibility index (Phi) is 5.18. The number of hydrogen-bond acceptors (Lipinski definition) is 3. The zero-order valence-corrected chi connectivity index (χ0v) is 14.6. The molecule has 1 aliphatic rings. The van der Waals surface area contributed by atoms with Crippen molar-refractivity contribution in [3.63, 3.8) is 0 Å². The molecular formula is C16H22Cl2N2O. The molecule has 5 heteroatoms. The molecule has 0 saturated heterocycles. The van der Waals surface area contributed by atoms with Gasteiger partial charge in [-0.3, -0.25) is 4.90 Å². The van der Waals surface area contributed by atoms with Crippen LogP contribution in [0.1, 0.15) is 40.2 Å². The SMILES string of the molecule is CC(C)N(C(C)C)[C@@H]1ON=C(c2c(Cl)cccc2Cl)[C@H]1C. The molecule has 1 aliphatic heterocycles. The molecule has 2 atom stereocenters. The van der Waals surface area contributed by atoms with Gasteiger partial charge in [-0.1, -0.05) is 41.3 Å². The van der Waals surface area contributed by atoms with Crippen LogP contribution in [0.15, 0.2) is 23.4 Å². The van der Waals surface area contributed by atoms with Crippen molar-refractivity contribution in [1.29, 1.82) is 0 Å². The maximum atomic E-state index is 6.29. The van der Waals surface area contributed by atoms with Gasteiger partial charge in [0.15, 0.2) is 6.23 Å². The number of rotatable bonds is 4. The molecule has 116 valence electrons. The zero-order valence-electron chi connectivity index (χ0n) is 13.1. The van der Waals surface area contributed by atoms with Gasteiger partial charge in [0.1, 0.15) is 0 Å². The highest BCUT2D eigenvalue weighted by atomic mass is 35.5. The van der Waals surface area contributed by atoms with Crippen molar-refractivity contribution in [1.82, 2.24) is 4.90 Å². The molecule has 3 nitrogen and oxygen atoms in total. The molecule has 21 heavy (non-hydrogen) atoms. The minimum absolute atomic E-state index is 0.0904. The lowest BCUT2D eigenvalue weighted by atomic mass is 9.95. The van der Waals surface area contributed by atoms with Crippen LogP contribution in [0.2, 0.25) is 10.0 Å². The normalized spacial score (nSPS) is 22.1. The summed E-state index contributed by atoms with van der Waals surface area (Å²) in [6, 6.07) is 6.23. The van der Waals surface area contributed by atoms with Crippen LogP contribution in [0.25, 0.3) is 0 Å². The van der Waals surface area contributed by atoms with Crippen molar-refractivity contribution >= 4 is 28.9 Å². The standard InChI is InChI=1S/C16H22Cl2N2O/c1-9(2)20(10(3)4)16-11(5)15(19-21-16)14-12(17)7-6-8-13(14)18/h6-11,16H,1-5H3/t11-,16-/m1/s1. The van der Waals surface area contributed by atoms with Crippen molar-refractivity contribution in [2.24, 2.45) is 11.1 Å². The molecular weight excluding hydrogens is 307 g/mol. The van der Waals surface area contributed by atoms with Crippen LogP contribution in [0, 0.1) is 5.92 Å². The minimum atomic E-state index is -0.0904. The summed E-state index contributed by atoms with van der Waals surface area (Å²) in [5.41, 5.74) is 1.60. The average molecular weight is 329 g/mol. The van der Waals surface area contributed by atoms with E-state index in [2.05, 4.69) is 44.7 Å². The highest BCUT2D eigenvalue weighted by molar-refractivity contribution is 6.40. The lowest BCUT2D eigenvalue weighted by Gasteiger charge is -2.36. The van der Waals surface area contributed by atoms with Gasteiger partial charge >= 0.3 is 0 Å². The van der Waals surface area contributed by atoms with Gasteiger partial charge in [-0.05, 0) is 39.8 Å². The highest BCUT2D eigenvalue weighted by Gasteiger charge is 2.39. The first-order valence-corrected chi connectivity index (χ1v) is 8.05. The van der Waals surface area contributed by atoms with Gasteiger partial charge in [0.25, 0.3) is 0 Å². The summed E-state index contributed by atoms with van der Waals surface area (Å²) in [7, 11) is 0. The van der Waals surface area contributed by atoms with E-state index < -0.39 is 0 Å². The topological polar surface area (TPSA) is 24.8 Å². The predicted octanol–water partition coefficient (Wildman–Crippen LogP) is 4.81. The maximum Gasteiger partial charge on any atom is 0.189 e. The van der Waals surface area contributed by atoms with Crippen molar-refractivity contribution in [2.75, 3.05) is 0 Å². The molecule has 0 saturated carbocycles. The van der Waals surface area contributed by atoms with Crippen LogP contribution in [0.3, 0.4) is 0 Å². The fourth-order valence-electron chi connectivity index (χ4n) is 2.93. The molecule has 0 bridgehead atoms. The van der Waals surface area contributed by atoms with Crippen molar-refractivity contribution in [3.05, 3.63) is 33.8 Å². The van der Waals surface area contributed by atoms with Crippen molar-refractivity contribution in [2.45, 2.75) is 52.9 Å². The van der Waals surface area contributed by atoms with Gasteiger partial charge < -0.3 is 4.84 Å². The summed E-state index contributed by atoms with van der Waals surface area (Å²) in [5, 5.41) is 5.50. The van der Waals surface area contributed by atoms with Crippen molar-refractivity contribution in [3.8, 4) is 0 Å². The highest BCUT2D eigenvalue weighted by Crippen LogP contribution is 2.34. The molecule has 0 amide bonds. The van der Waals surface area contributed by atoms with Crippen LogP contribution in [-0.4, -0.2) is 28.9 Å². The average Bonchev–Trinajstić information content (AvgIpc) is 2.71. The summed E-state index contributed by atoms with van der Waals surface area (Å²) >= 11 is 12.6. The number of hydrogen-bond donors (Lipinski definition) is 0. The van der Waals surface area contributed by atoms with Crippen LogP contribution in [-0.2, 0) is 4.84 Å². The van der Waals surface area contributed by atoms with Crippen LogP contribution >= 0.6 is 23.2 Å². The molecule has 0 unspecified atom stereocenters. The fraction of sp³-hybridized carbons (Fsp3) is 0.562. The summed E-state index contributed by atoms with van der Waals surface area (Å²) in [5.74, 6) is 0.104. The summed E-state index contributed by atoms with van der Waals surface area (Å²) in [6.07, 6.45) is -0.0904. The third kappa shape index (κ3) is 3.20. The Bertz CT molecular complexity index is 515. The molecule has 0 radical (unpaired) electrons. The van der Waals surface area contributed by atoms with E-state index in [0.717, 1.165) is 11.3 Å². The first kappa shape index (κ1) is 16.6. The molecule has 1 aromatic carbocycles. The fourth-order valence-corrected chi connectivity index (χ4v) is 3.52. The Hall–Kier alpha value is -0.770. The Morgan fingerprint density at radius 3 is 2.10 bits per heavy atom. The van der Waals surface area contributed by atoms with Gasteiger partial charge in [-0.2, -0.15) is 0 Å². The van der Waals surface area contributed by atoms with E-state index in [1.165, 1.54) is 0 Å². The molecule has 0 spiro atoms. The van der Waals surface area contributed by atoms with E-state index in [-0.39, 0.29) is 12.1 Å². The van der Waals surface area contributed by atoms with Crippen molar-refractivity contribution < 1.29 is 4.84 Å². The Labute approximate surface area is 136 Å². The van der Waals surface area contributed by atoms with Gasteiger partial charge in [0, 0.05) is 17.6 Å². The number of oxime groups is 1. The van der Waals surface area contributed by atoms with E-state index in [9.17, 15) is 0 Å². The van der Waals surface area contributed by atoms with E-state index in [0.29, 0.717) is 22.1 Å². The van der Waals surface area contributed by atoms with E-state index >= 15 is 0 Å². The molecule has 1 aromatic rings. The number of nitrogens with zero attached hydrogens (tertiary/aromatic N) is 2. The number of benzene rings is 1. The minimum Gasteiger partial charge on any atom is -0.375 e. The van der Waals surface area contributed by atoms with E-state index in [1.54, 1.807) is 0 Å². The first-order chi connectivity index (χ1) is 9.84. The Balaban J connectivity index is 2.31. The largest absolute Gasteiger partial charge is 0.375 e. The molecule has 0 N–H and O–H groups in total. The summed E-state index contributed by atoms with van der Waals surface area (Å²) in [6.45, 7) is 10.8. The Morgan fingerprint density at radius 2 is 1.62 bits per heavy atom. The second-order valence-electron chi connectivity index (χ2n) is 5.99. The van der Waals surface area contributed by atoms with Crippen LogP contribution in [0.5, 0.6) is 0 Å². The van der Waals surface area contributed by atoms with E-state index in [1.807, 2.05) is 18.2 Å². The molecule has 0 aromatic heterocycles. The van der Waals surface area contributed by atoms with E-state index in [4.69, 9.17) is 28.0 Å². The zero-order chi connectivity index (χ0) is 15.7. The molecule has 0 fully saturated rings.